The fourth-order valence-electron chi connectivity index (χ4n) is 1.39. The standard InChI is InChI=1S/C15H20N2/c1-5-12(3)11-16-13(4)17-15-10-8-7-9-14(15)6-2/h5,7-11,17H,4,6H2,1-3H3/b12-5-,16-11?. The molecular weight excluding hydrogens is 208 g/mol. The molecule has 0 fully saturated rings. The summed E-state index contributed by atoms with van der Waals surface area (Å²) < 4.78 is 0. The highest BCUT2D eigenvalue weighted by molar-refractivity contribution is 5.78. The van der Waals surface area contributed by atoms with Crippen LogP contribution in [0.1, 0.15) is 26.3 Å². The summed E-state index contributed by atoms with van der Waals surface area (Å²) in [6, 6.07) is 8.20. The summed E-state index contributed by atoms with van der Waals surface area (Å²) in [5.41, 5.74) is 3.47. The molecular formula is C15H20N2. The summed E-state index contributed by atoms with van der Waals surface area (Å²) in [6.45, 7) is 10.0. The zero-order chi connectivity index (χ0) is 12.7. The van der Waals surface area contributed by atoms with Gasteiger partial charge in [-0.3, -0.25) is 0 Å². The maximum absolute atomic E-state index is 4.27. The molecule has 0 radical (unpaired) electrons. The van der Waals surface area contributed by atoms with E-state index in [0.717, 1.165) is 17.7 Å². The first-order valence-electron chi connectivity index (χ1n) is 5.88. The van der Waals surface area contributed by atoms with Gasteiger partial charge in [-0.2, -0.15) is 0 Å². The van der Waals surface area contributed by atoms with Crippen molar-refractivity contribution in [1.82, 2.24) is 0 Å². The number of hydrogen-bond donors (Lipinski definition) is 1. The molecule has 1 N–H and O–H groups in total. The zero-order valence-electron chi connectivity index (χ0n) is 10.8. The van der Waals surface area contributed by atoms with Crippen LogP contribution >= 0.6 is 0 Å². The smallest absolute Gasteiger partial charge is 0.123 e. The third-order valence-corrected chi connectivity index (χ3v) is 2.56. The van der Waals surface area contributed by atoms with Crippen LogP contribution in [-0.4, -0.2) is 6.21 Å². The fourth-order valence-corrected chi connectivity index (χ4v) is 1.39. The Hall–Kier alpha value is -1.83. The first kappa shape index (κ1) is 13.2. The first-order chi connectivity index (χ1) is 8.17. The van der Waals surface area contributed by atoms with Crippen LogP contribution < -0.4 is 5.32 Å². The van der Waals surface area contributed by atoms with Gasteiger partial charge in [0, 0.05) is 11.9 Å². The summed E-state index contributed by atoms with van der Waals surface area (Å²) in [5, 5.41) is 3.22. The van der Waals surface area contributed by atoms with E-state index in [9.17, 15) is 0 Å². The lowest BCUT2D eigenvalue weighted by Crippen LogP contribution is -1.99. The molecule has 1 aromatic carbocycles. The molecule has 17 heavy (non-hydrogen) atoms. The summed E-state index contributed by atoms with van der Waals surface area (Å²) in [7, 11) is 0. The topological polar surface area (TPSA) is 24.4 Å². The van der Waals surface area contributed by atoms with Gasteiger partial charge in [0.05, 0.1) is 0 Å². The molecule has 0 aliphatic carbocycles. The number of anilines is 1. The lowest BCUT2D eigenvalue weighted by Gasteiger charge is -2.09. The number of aliphatic imine (C=N–C) groups is 1. The quantitative estimate of drug-likeness (QED) is 0.751. The molecule has 90 valence electrons. The van der Waals surface area contributed by atoms with Crippen LogP contribution in [0, 0.1) is 0 Å². The normalized spacial score (nSPS) is 11.8. The van der Waals surface area contributed by atoms with Crippen LogP contribution in [0.25, 0.3) is 0 Å². The van der Waals surface area contributed by atoms with Crippen molar-refractivity contribution in [1.29, 1.82) is 0 Å². The van der Waals surface area contributed by atoms with Crippen LogP contribution in [0.4, 0.5) is 5.69 Å². The van der Waals surface area contributed by atoms with Crippen molar-refractivity contribution < 1.29 is 0 Å². The maximum atomic E-state index is 4.27. The monoisotopic (exact) mass is 228 g/mol. The minimum atomic E-state index is 0.659. The number of nitrogens with zero attached hydrogens (tertiary/aromatic N) is 1. The van der Waals surface area contributed by atoms with Gasteiger partial charge in [0.2, 0.25) is 0 Å². The van der Waals surface area contributed by atoms with Gasteiger partial charge in [0.25, 0.3) is 0 Å². The van der Waals surface area contributed by atoms with E-state index in [2.05, 4.69) is 29.9 Å². The Bertz CT molecular complexity index is 442. The number of aryl methyl sites for hydroxylation is 1. The highest BCUT2D eigenvalue weighted by Gasteiger charge is 1.99. The third kappa shape index (κ3) is 4.27. The Balaban J connectivity index is 2.71. The van der Waals surface area contributed by atoms with Crippen molar-refractivity contribution in [2.24, 2.45) is 4.99 Å². The lowest BCUT2D eigenvalue weighted by molar-refractivity contribution is 1.13. The molecule has 0 saturated heterocycles. The Labute approximate surface area is 104 Å². The Morgan fingerprint density at radius 3 is 2.76 bits per heavy atom. The van der Waals surface area contributed by atoms with E-state index in [1.165, 1.54) is 5.56 Å². The molecule has 0 unspecified atom stereocenters. The molecule has 0 atom stereocenters. The Kier molecular flexibility index (Phi) is 5.21. The average molecular weight is 228 g/mol. The molecule has 0 heterocycles. The van der Waals surface area contributed by atoms with Gasteiger partial charge < -0.3 is 5.32 Å². The van der Waals surface area contributed by atoms with Gasteiger partial charge in [-0.05, 0) is 37.5 Å². The van der Waals surface area contributed by atoms with Crippen LogP contribution in [0.5, 0.6) is 0 Å². The number of hydrogen-bond acceptors (Lipinski definition) is 2. The predicted molar refractivity (Wildman–Crippen MR) is 76.5 cm³/mol. The third-order valence-electron chi connectivity index (χ3n) is 2.56. The van der Waals surface area contributed by atoms with Gasteiger partial charge in [-0.15, -0.1) is 0 Å². The minimum absolute atomic E-state index is 0.659. The second kappa shape index (κ2) is 6.69. The fraction of sp³-hybridized carbons (Fsp3) is 0.267. The number of allylic oxidation sites excluding steroid dienone is 2. The summed E-state index contributed by atoms with van der Waals surface area (Å²) in [5.74, 6) is 0.659. The van der Waals surface area contributed by atoms with Crippen molar-refractivity contribution in [3.05, 3.63) is 53.9 Å². The largest absolute Gasteiger partial charge is 0.341 e. The van der Waals surface area contributed by atoms with Crippen LogP contribution in [0.15, 0.2) is 53.3 Å². The molecule has 2 heteroatoms. The van der Waals surface area contributed by atoms with Gasteiger partial charge in [0.1, 0.15) is 5.82 Å². The van der Waals surface area contributed by atoms with Gasteiger partial charge >= 0.3 is 0 Å². The van der Waals surface area contributed by atoms with E-state index in [4.69, 9.17) is 0 Å². The van der Waals surface area contributed by atoms with Crippen molar-refractivity contribution in [2.45, 2.75) is 27.2 Å². The van der Waals surface area contributed by atoms with E-state index in [1.54, 1.807) is 0 Å². The van der Waals surface area contributed by atoms with Crippen LogP contribution in [0.3, 0.4) is 0 Å². The highest BCUT2D eigenvalue weighted by Crippen LogP contribution is 2.17. The van der Waals surface area contributed by atoms with Crippen molar-refractivity contribution in [2.75, 3.05) is 5.32 Å². The molecule has 1 rings (SSSR count). The first-order valence-corrected chi connectivity index (χ1v) is 5.88. The Morgan fingerprint density at radius 2 is 2.12 bits per heavy atom. The summed E-state index contributed by atoms with van der Waals surface area (Å²) in [6.07, 6.45) is 4.81. The number of para-hydroxylation sites is 1. The molecule has 1 aromatic rings. The number of benzene rings is 1. The summed E-state index contributed by atoms with van der Waals surface area (Å²) in [4.78, 5) is 4.27. The van der Waals surface area contributed by atoms with Gasteiger partial charge in [-0.25, -0.2) is 4.99 Å². The second-order valence-corrected chi connectivity index (χ2v) is 3.87. The van der Waals surface area contributed by atoms with Crippen molar-refractivity contribution >= 4 is 11.9 Å². The van der Waals surface area contributed by atoms with Crippen molar-refractivity contribution in [3.8, 4) is 0 Å². The molecule has 0 aromatic heterocycles. The molecule has 0 spiro atoms. The van der Waals surface area contributed by atoms with E-state index in [-0.39, 0.29) is 0 Å². The molecule has 0 aliphatic heterocycles. The second-order valence-electron chi connectivity index (χ2n) is 3.87. The SMILES string of the molecule is C=C(N=C/C(C)=C\C)Nc1ccccc1CC. The van der Waals surface area contributed by atoms with E-state index in [0.29, 0.717) is 5.82 Å². The van der Waals surface area contributed by atoms with E-state index < -0.39 is 0 Å². The maximum Gasteiger partial charge on any atom is 0.123 e. The molecule has 0 aliphatic rings. The summed E-state index contributed by atoms with van der Waals surface area (Å²) >= 11 is 0. The van der Waals surface area contributed by atoms with Crippen molar-refractivity contribution in [3.63, 3.8) is 0 Å². The van der Waals surface area contributed by atoms with E-state index >= 15 is 0 Å². The van der Waals surface area contributed by atoms with E-state index in [1.807, 2.05) is 44.3 Å². The number of rotatable bonds is 5. The highest BCUT2D eigenvalue weighted by atomic mass is 15.0. The average Bonchev–Trinajstić information content (AvgIpc) is 2.36. The Morgan fingerprint density at radius 1 is 1.41 bits per heavy atom. The van der Waals surface area contributed by atoms with Crippen LogP contribution in [0.2, 0.25) is 0 Å². The molecule has 2 nitrogen and oxygen atoms in total. The number of nitrogens with one attached hydrogen (secondary N) is 1. The molecule has 0 bridgehead atoms. The lowest BCUT2D eigenvalue weighted by atomic mass is 10.1. The van der Waals surface area contributed by atoms with Gasteiger partial charge in [-0.1, -0.05) is 37.8 Å². The zero-order valence-corrected chi connectivity index (χ0v) is 10.8. The molecule has 0 amide bonds. The van der Waals surface area contributed by atoms with Gasteiger partial charge in [0.15, 0.2) is 0 Å². The van der Waals surface area contributed by atoms with Crippen LogP contribution in [-0.2, 0) is 6.42 Å². The molecule has 0 saturated carbocycles. The minimum Gasteiger partial charge on any atom is -0.341 e. The predicted octanol–water partition coefficient (Wildman–Crippen LogP) is 4.17.